The van der Waals surface area contributed by atoms with Crippen molar-refractivity contribution in [3.8, 4) is 9.88 Å². The van der Waals surface area contributed by atoms with Gasteiger partial charge in [-0.1, -0.05) is 11.6 Å². The fourth-order valence-corrected chi connectivity index (χ4v) is 4.55. The molecule has 1 aliphatic heterocycles. The van der Waals surface area contributed by atoms with Crippen molar-refractivity contribution in [3.05, 3.63) is 27.5 Å². The molecule has 0 aromatic carbocycles. The first-order valence-electron chi connectivity index (χ1n) is 7.54. The van der Waals surface area contributed by atoms with Gasteiger partial charge in [-0.05, 0) is 25.0 Å². The van der Waals surface area contributed by atoms with Crippen molar-refractivity contribution in [1.82, 2.24) is 15.2 Å². The normalized spacial score (nSPS) is 16.2. The predicted molar refractivity (Wildman–Crippen MR) is 96.6 cm³/mol. The van der Waals surface area contributed by atoms with Gasteiger partial charge in [-0.15, -0.1) is 22.7 Å². The topological polar surface area (TPSA) is 88.3 Å². The maximum Gasteiger partial charge on any atom is 0.270 e. The van der Waals surface area contributed by atoms with Crippen molar-refractivity contribution in [2.45, 2.75) is 18.9 Å². The third kappa shape index (κ3) is 4.32. The van der Waals surface area contributed by atoms with Gasteiger partial charge in [0.05, 0.1) is 15.8 Å². The van der Waals surface area contributed by atoms with Gasteiger partial charge in [-0.25, -0.2) is 4.98 Å². The molecule has 0 radical (unpaired) electrons. The van der Waals surface area contributed by atoms with E-state index in [1.165, 1.54) is 22.7 Å². The second-order valence-electron chi connectivity index (χ2n) is 5.63. The number of thiazole rings is 1. The Morgan fingerprint density at radius 2 is 2.12 bits per heavy atom. The number of hydrogen-bond donors (Lipinski definition) is 2. The summed E-state index contributed by atoms with van der Waals surface area (Å²) in [6.07, 6.45) is 1.60. The van der Waals surface area contributed by atoms with Crippen LogP contribution in [0.3, 0.4) is 0 Å². The highest BCUT2D eigenvalue weighted by atomic mass is 35.5. The van der Waals surface area contributed by atoms with Gasteiger partial charge < -0.3 is 11.1 Å². The van der Waals surface area contributed by atoms with Crippen LogP contribution in [0.1, 0.15) is 23.3 Å². The standard InChI is InChI=1S/C15H17ClN4O2S2/c16-12-2-1-11(24-12)15-19-10(8-23-15)14(22)18-9-3-5-20(6-4-9)7-13(17)21/h1-2,8-9H,3-7H2,(H2,17,21)(H,18,22). The van der Waals surface area contributed by atoms with Crippen LogP contribution in [0.15, 0.2) is 17.5 Å². The third-order valence-electron chi connectivity index (χ3n) is 3.82. The van der Waals surface area contributed by atoms with Gasteiger partial charge in [0, 0.05) is 24.5 Å². The number of amides is 2. The summed E-state index contributed by atoms with van der Waals surface area (Å²) in [5.74, 6) is -0.477. The molecule has 24 heavy (non-hydrogen) atoms. The van der Waals surface area contributed by atoms with Crippen LogP contribution >= 0.6 is 34.3 Å². The fraction of sp³-hybridized carbons (Fsp3) is 0.400. The van der Waals surface area contributed by atoms with Crippen LogP contribution in [0.2, 0.25) is 4.34 Å². The molecule has 6 nitrogen and oxygen atoms in total. The first-order chi connectivity index (χ1) is 11.5. The number of carbonyl (C=O) groups is 2. The number of piperidine rings is 1. The monoisotopic (exact) mass is 384 g/mol. The summed E-state index contributed by atoms with van der Waals surface area (Å²) in [5, 5.41) is 5.58. The smallest absolute Gasteiger partial charge is 0.270 e. The molecule has 3 rings (SSSR count). The lowest BCUT2D eigenvalue weighted by molar-refractivity contribution is -0.119. The maximum atomic E-state index is 12.3. The zero-order valence-corrected chi connectivity index (χ0v) is 15.2. The summed E-state index contributed by atoms with van der Waals surface area (Å²) < 4.78 is 0.703. The van der Waals surface area contributed by atoms with Crippen molar-refractivity contribution in [1.29, 1.82) is 0 Å². The average molecular weight is 385 g/mol. The Balaban J connectivity index is 1.54. The van der Waals surface area contributed by atoms with Crippen LogP contribution in [-0.2, 0) is 4.79 Å². The van der Waals surface area contributed by atoms with Crippen molar-refractivity contribution in [2.75, 3.05) is 19.6 Å². The highest BCUT2D eigenvalue weighted by Gasteiger charge is 2.23. The molecule has 9 heteroatoms. The Hall–Kier alpha value is -1.48. The molecule has 1 fully saturated rings. The molecule has 1 saturated heterocycles. The van der Waals surface area contributed by atoms with E-state index in [2.05, 4.69) is 10.3 Å². The molecule has 3 N–H and O–H groups in total. The van der Waals surface area contributed by atoms with Crippen LogP contribution in [-0.4, -0.2) is 47.4 Å². The maximum absolute atomic E-state index is 12.3. The second kappa shape index (κ2) is 7.60. The van der Waals surface area contributed by atoms with E-state index in [4.69, 9.17) is 17.3 Å². The molecule has 0 spiro atoms. The Morgan fingerprint density at radius 3 is 2.75 bits per heavy atom. The molecule has 128 valence electrons. The van der Waals surface area contributed by atoms with Crippen molar-refractivity contribution in [2.24, 2.45) is 5.73 Å². The van der Waals surface area contributed by atoms with Gasteiger partial charge in [-0.3, -0.25) is 14.5 Å². The molecule has 2 aromatic rings. The third-order valence-corrected chi connectivity index (χ3v) is 6.07. The zero-order valence-electron chi connectivity index (χ0n) is 12.8. The number of aromatic nitrogens is 1. The van der Waals surface area contributed by atoms with Crippen LogP contribution in [0, 0.1) is 0 Å². The molecule has 2 amide bonds. The van der Waals surface area contributed by atoms with Gasteiger partial charge in [0.15, 0.2) is 0 Å². The minimum Gasteiger partial charge on any atom is -0.369 e. The summed E-state index contributed by atoms with van der Waals surface area (Å²) in [5.41, 5.74) is 5.63. The summed E-state index contributed by atoms with van der Waals surface area (Å²) >= 11 is 8.81. The number of carbonyl (C=O) groups excluding carboxylic acids is 2. The number of rotatable bonds is 5. The van der Waals surface area contributed by atoms with Gasteiger partial charge in [-0.2, -0.15) is 0 Å². The lowest BCUT2D eigenvalue weighted by atomic mass is 10.0. The molecule has 3 heterocycles. The number of nitrogens with two attached hydrogens (primary N) is 1. The molecule has 0 saturated carbocycles. The number of hydrogen-bond acceptors (Lipinski definition) is 6. The van der Waals surface area contributed by atoms with Gasteiger partial charge in [0.25, 0.3) is 5.91 Å². The van der Waals surface area contributed by atoms with E-state index in [1.54, 1.807) is 5.38 Å². The molecular weight excluding hydrogens is 368 g/mol. The summed E-state index contributed by atoms with van der Waals surface area (Å²) in [4.78, 5) is 30.6. The van der Waals surface area contributed by atoms with Crippen LogP contribution in [0.25, 0.3) is 9.88 Å². The van der Waals surface area contributed by atoms with Gasteiger partial charge in [0.1, 0.15) is 10.7 Å². The minimum absolute atomic E-state index is 0.1000. The van der Waals surface area contributed by atoms with E-state index in [1.807, 2.05) is 17.0 Å². The summed E-state index contributed by atoms with van der Waals surface area (Å²) in [6, 6.07) is 3.83. The zero-order chi connectivity index (χ0) is 17.1. The Morgan fingerprint density at radius 1 is 1.38 bits per heavy atom. The van der Waals surface area contributed by atoms with Crippen LogP contribution in [0.5, 0.6) is 0 Å². The van der Waals surface area contributed by atoms with Crippen molar-refractivity contribution in [3.63, 3.8) is 0 Å². The SMILES string of the molecule is NC(=O)CN1CCC(NC(=O)c2csc(-c3ccc(Cl)s3)n2)CC1. The highest BCUT2D eigenvalue weighted by Crippen LogP contribution is 2.32. The summed E-state index contributed by atoms with van der Waals surface area (Å²) in [7, 11) is 0. The Labute approximate surface area is 152 Å². The number of halogens is 1. The Bertz CT molecular complexity index is 737. The fourth-order valence-electron chi connectivity index (χ4n) is 2.64. The van der Waals surface area contributed by atoms with E-state index < -0.39 is 0 Å². The van der Waals surface area contributed by atoms with Crippen molar-refractivity contribution >= 4 is 46.1 Å². The van der Waals surface area contributed by atoms with E-state index in [0.717, 1.165) is 35.8 Å². The van der Waals surface area contributed by atoms with E-state index in [9.17, 15) is 9.59 Å². The van der Waals surface area contributed by atoms with Crippen molar-refractivity contribution < 1.29 is 9.59 Å². The molecule has 2 aromatic heterocycles. The number of primary amides is 1. The quantitative estimate of drug-likeness (QED) is 0.827. The average Bonchev–Trinajstić information content (AvgIpc) is 3.17. The van der Waals surface area contributed by atoms with E-state index in [0.29, 0.717) is 10.0 Å². The first-order valence-corrected chi connectivity index (χ1v) is 9.61. The minimum atomic E-state index is -0.318. The molecule has 0 aliphatic carbocycles. The van der Waals surface area contributed by atoms with E-state index >= 15 is 0 Å². The molecule has 0 bridgehead atoms. The predicted octanol–water partition coefficient (Wildman–Crippen LogP) is 2.20. The molecule has 0 atom stereocenters. The lowest BCUT2D eigenvalue weighted by Crippen LogP contribution is -2.46. The van der Waals surface area contributed by atoms with E-state index in [-0.39, 0.29) is 24.4 Å². The summed E-state index contributed by atoms with van der Waals surface area (Å²) in [6.45, 7) is 1.78. The number of nitrogens with zero attached hydrogens (tertiary/aromatic N) is 2. The first kappa shape index (κ1) is 17.3. The van der Waals surface area contributed by atoms with Crippen LogP contribution < -0.4 is 11.1 Å². The molecule has 1 aliphatic rings. The number of thiophene rings is 1. The number of likely N-dealkylation sites (tertiary alicyclic amines) is 1. The largest absolute Gasteiger partial charge is 0.369 e. The van der Waals surface area contributed by atoms with Gasteiger partial charge >= 0.3 is 0 Å². The second-order valence-corrected chi connectivity index (χ2v) is 8.21. The van der Waals surface area contributed by atoms with Crippen LogP contribution in [0.4, 0.5) is 0 Å². The highest BCUT2D eigenvalue weighted by molar-refractivity contribution is 7.23. The Kier molecular flexibility index (Phi) is 5.50. The molecule has 0 unspecified atom stereocenters. The number of nitrogens with one attached hydrogen (secondary N) is 1. The lowest BCUT2D eigenvalue weighted by Gasteiger charge is -2.31. The van der Waals surface area contributed by atoms with Gasteiger partial charge in [0.2, 0.25) is 5.91 Å². The molecular formula is C15H17ClN4O2S2.